The minimum Gasteiger partial charge on any atom is -0.478 e. The minimum atomic E-state index is -0.989. The number of hydrogen-bond acceptors (Lipinski definition) is 5. The Morgan fingerprint density at radius 2 is 1.92 bits per heavy atom. The first kappa shape index (κ1) is 19.4. The van der Waals surface area contributed by atoms with Crippen molar-refractivity contribution in [3.8, 4) is 16.5 Å². The van der Waals surface area contributed by atoms with Crippen molar-refractivity contribution >= 4 is 45.2 Å². The molecule has 0 fully saturated rings. The Bertz CT molecular complexity index is 975. The van der Waals surface area contributed by atoms with Gasteiger partial charge < -0.3 is 10.8 Å². The second-order valence-corrected chi connectivity index (χ2v) is 6.86. The molecule has 3 rings (SSSR count). The summed E-state index contributed by atoms with van der Waals surface area (Å²) >= 11 is 4.68. The van der Waals surface area contributed by atoms with Gasteiger partial charge in [0.15, 0.2) is 0 Å². The second kappa shape index (κ2) is 8.94. The first-order chi connectivity index (χ1) is 12.5. The summed E-state index contributed by atoms with van der Waals surface area (Å²) < 4.78 is 0.956. The molecule has 0 aliphatic rings. The Hall–Kier alpha value is -2.95. The van der Waals surface area contributed by atoms with Crippen LogP contribution in [0.15, 0.2) is 58.4 Å². The number of nitrogen functional groups attached to an aromatic ring is 1. The van der Waals surface area contributed by atoms with E-state index in [9.17, 15) is 9.59 Å². The maximum Gasteiger partial charge on any atom is 0.339 e. The number of nitrogens with zero attached hydrogens (tertiary/aromatic N) is 1. The number of hydrogen-bond donors (Lipinski definition) is 2. The lowest BCUT2D eigenvalue weighted by atomic mass is 10.1. The molecule has 26 heavy (non-hydrogen) atoms. The normalized spacial score (nSPS) is 9.54. The van der Waals surface area contributed by atoms with Gasteiger partial charge in [-0.1, -0.05) is 40.2 Å². The highest BCUT2D eigenvalue weighted by Gasteiger charge is 2.17. The lowest BCUT2D eigenvalue weighted by molar-refractivity contribution is 0.0699. The summed E-state index contributed by atoms with van der Waals surface area (Å²) in [6.07, 6.45) is 0.723. The molecule has 2 aromatic carbocycles. The number of nitrogens with two attached hydrogens (primary N) is 1. The summed E-state index contributed by atoms with van der Waals surface area (Å²) in [6, 6.07) is 16.0. The summed E-state index contributed by atoms with van der Waals surface area (Å²) in [7, 11) is 0. The van der Waals surface area contributed by atoms with Crippen molar-refractivity contribution in [2.24, 2.45) is 0 Å². The van der Waals surface area contributed by atoms with Gasteiger partial charge in [-0.15, -0.1) is 11.3 Å². The van der Waals surface area contributed by atoms with E-state index in [0.29, 0.717) is 21.7 Å². The molecule has 0 amide bonds. The van der Waals surface area contributed by atoms with E-state index >= 15 is 0 Å². The van der Waals surface area contributed by atoms with Gasteiger partial charge in [0, 0.05) is 15.4 Å². The Morgan fingerprint density at radius 1 is 1.23 bits per heavy atom. The largest absolute Gasteiger partial charge is 0.478 e. The van der Waals surface area contributed by atoms with Crippen molar-refractivity contribution in [2.45, 2.75) is 0 Å². The van der Waals surface area contributed by atoms with Gasteiger partial charge in [-0.25, -0.2) is 4.79 Å². The van der Waals surface area contributed by atoms with E-state index in [1.54, 1.807) is 29.6 Å². The molecule has 0 radical (unpaired) electrons. The Balaban J connectivity index is 0.000000209. The summed E-state index contributed by atoms with van der Waals surface area (Å²) in [6.45, 7) is 0. The standard InChI is InChI=1S/C11H8BrNO2S.C8H5NO/c12-7-3-1-6(2-4-7)10-9(11(14)15)8(13)5-16-10;9-5-7-2-1-3-8(4-7)6-10/h1-5H,13H2,(H,14,15);1-4,6H. The number of nitriles is 1. The third-order valence-corrected chi connectivity index (χ3v) is 4.87. The number of aromatic carboxylic acids is 1. The van der Waals surface area contributed by atoms with Crippen LogP contribution in [0.4, 0.5) is 5.69 Å². The summed E-state index contributed by atoms with van der Waals surface area (Å²) in [5, 5.41) is 19.1. The Morgan fingerprint density at radius 3 is 2.50 bits per heavy atom. The summed E-state index contributed by atoms with van der Waals surface area (Å²) in [5.74, 6) is -0.989. The third kappa shape index (κ3) is 4.79. The molecule has 3 aromatic rings. The molecule has 1 aromatic heterocycles. The zero-order chi connectivity index (χ0) is 19.1. The van der Waals surface area contributed by atoms with Gasteiger partial charge >= 0.3 is 5.97 Å². The second-order valence-electron chi connectivity index (χ2n) is 5.06. The van der Waals surface area contributed by atoms with Gasteiger partial charge in [-0.2, -0.15) is 5.26 Å². The number of thiophene rings is 1. The number of carboxylic acids is 1. The zero-order valence-corrected chi connectivity index (χ0v) is 15.8. The quantitative estimate of drug-likeness (QED) is 0.581. The van der Waals surface area contributed by atoms with E-state index in [0.717, 1.165) is 16.3 Å². The van der Waals surface area contributed by atoms with Gasteiger partial charge in [-0.3, -0.25) is 4.79 Å². The number of carbonyl (C=O) groups excluding carboxylic acids is 1. The van der Waals surface area contributed by atoms with Gasteiger partial charge in [0.1, 0.15) is 11.8 Å². The monoisotopic (exact) mass is 428 g/mol. The number of benzene rings is 2. The lowest BCUT2D eigenvalue weighted by Crippen LogP contribution is -2.00. The van der Waals surface area contributed by atoms with Crippen molar-refractivity contribution in [1.82, 2.24) is 0 Å². The molecule has 3 N–H and O–H groups in total. The molecule has 0 saturated carbocycles. The Labute approximate surface area is 162 Å². The Kier molecular flexibility index (Phi) is 6.67. The van der Waals surface area contributed by atoms with Crippen molar-refractivity contribution in [1.29, 1.82) is 5.26 Å². The van der Waals surface area contributed by atoms with Crippen LogP contribution in [-0.2, 0) is 0 Å². The molecular formula is C19H13BrN2O3S. The van der Waals surface area contributed by atoms with Crippen LogP contribution in [0, 0.1) is 11.3 Å². The number of anilines is 1. The molecule has 0 atom stereocenters. The SMILES string of the molecule is N#Cc1cccc(C=O)c1.Nc1csc(-c2ccc(Br)cc2)c1C(=O)O. The first-order valence-corrected chi connectivity index (χ1v) is 8.95. The predicted octanol–water partition coefficient (Wildman–Crippen LogP) is 4.83. The maximum atomic E-state index is 11.1. The highest BCUT2D eigenvalue weighted by atomic mass is 79.9. The van der Waals surface area contributed by atoms with E-state index < -0.39 is 5.97 Å². The summed E-state index contributed by atoms with van der Waals surface area (Å²) in [4.78, 5) is 21.9. The van der Waals surface area contributed by atoms with Crippen LogP contribution in [0.2, 0.25) is 0 Å². The predicted molar refractivity (Wildman–Crippen MR) is 105 cm³/mol. The molecule has 7 heteroatoms. The van der Waals surface area contributed by atoms with Gasteiger partial charge in [-0.05, 0) is 29.8 Å². The number of carbonyl (C=O) groups is 2. The molecule has 0 spiro atoms. The third-order valence-electron chi connectivity index (χ3n) is 3.29. The molecule has 130 valence electrons. The van der Waals surface area contributed by atoms with E-state index in [4.69, 9.17) is 16.1 Å². The molecule has 0 aliphatic heterocycles. The lowest BCUT2D eigenvalue weighted by Gasteiger charge is -2.01. The average Bonchev–Trinajstić information content (AvgIpc) is 3.04. The van der Waals surface area contributed by atoms with E-state index in [-0.39, 0.29) is 5.56 Å². The summed E-state index contributed by atoms with van der Waals surface area (Å²) in [5.41, 5.74) is 8.05. The minimum absolute atomic E-state index is 0.187. The zero-order valence-electron chi connectivity index (χ0n) is 13.3. The molecule has 0 unspecified atom stereocenters. The number of halogens is 1. The van der Waals surface area contributed by atoms with E-state index in [1.807, 2.05) is 30.3 Å². The maximum absolute atomic E-state index is 11.1. The van der Waals surface area contributed by atoms with E-state index in [2.05, 4.69) is 15.9 Å². The van der Waals surface area contributed by atoms with Crippen LogP contribution in [0.25, 0.3) is 10.4 Å². The number of carboxylic acid groups (broad SMARTS) is 1. The fourth-order valence-electron chi connectivity index (χ4n) is 2.09. The molecule has 5 nitrogen and oxygen atoms in total. The number of aldehydes is 1. The van der Waals surface area contributed by atoms with Crippen LogP contribution < -0.4 is 5.73 Å². The van der Waals surface area contributed by atoms with Gasteiger partial charge in [0.25, 0.3) is 0 Å². The van der Waals surface area contributed by atoms with Crippen molar-refractivity contribution < 1.29 is 14.7 Å². The van der Waals surface area contributed by atoms with Crippen LogP contribution in [0.1, 0.15) is 26.3 Å². The van der Waals surface area contributed by atoms with Crippen molar-refractivity contribution in [3.05, 3.63) is 75.1 Å². The topological polar surface area (TPSA) is 104 Å². The highest BCUT2D eigenvalue weighted by Crippen LogP contribution is 2.34. The fraction of sp³-hybridized carbons (Fsp3) is 0. The average molecular weight is 429 g/mol. The van der Waals surface area contributed by atoms with Gasteiger partial charge in [0.2, 0.25) is 0 Å². The van der Waals surface area contributed by atoms with Crippen LogP contribution in [0.3, 0.4) is 0 Å². The molecule has 0 aliphatic carbocycles. The smallest absolute Gasteiger partial charge is 0.339 e. The molecule has 0 saturated heterocycles. The van der Waals surface area contributed by atoms with Crippen LogP contribution in [0.5, 0.6) is 0 Å². The highest BCUT2D eigenvalue weighted by molar-refractivity contribution is 9.10. The first-order valence-electron chi connectivity index (χ1n) is 7.27. The molecule has 0 bridgehead atoms. The van der Waals surface area contributed by atoms with Crippen LogP contribution >= 0.6 is 27.3 Å². The fourth-order valence-corrected chi connectivity index (χ4v) is 3.31. The van der Waals surface area contributed by atoms with Crippen LogP contribution in [-0.4, -0.2) is 17.4 Å². The van der Waals surface area contributed by atoms with E-state index in [1.165, 1.54) is 11.3 Å². The van der Waals surface area contributed by atoms with Gasteiger partial charge in [0.05, 0.1) is 22.2 Å². The van der Waals surface area contributed by atoms with Crippen molar-refractivity contribution in [3.63, 3.8) is 0 Å². The van der Waals surface area contributed by atoms with Crippen molar-refractivity contribution in [2.75, 3.05) is 5.73 Å². The molecular weight excluding hydrogens is 416 g/mol. The number of rotatable bonds is 3. The molecule has 1 heterocycles.